The van der Waals surface area contributed by atoms with Crippen molar-refractivity contribution in [2.24, 2.45) is 3.77 Å². The van der Waals surface area contributed by atoms with Crippen LogP contribution < -0.4 is 0 Å². The molecule has 9 heteroatoms. The predicted octanol–water partition coefficient (Wildman–Crippen LogP) is 6.02. The van der Waals surface area contributed by atoms with E-state index in [1.807, 2.05) is 37.4 Å². The van der Waals surface area contributed by atoms with Gasteiger partial charge >= 0.3 is 0 Å². The molecule has 0 bridgehead atoms. The third kappa shape index (κ3) is 4.75. The fraction of sp³-hybridized carbons (Fsp3) is 0.105. The van der Waals surface area contributed by atoms with Crippen LogP contribution in [0.3, 0.4) is 0 Å². The van der Waals surface area contributed by atoms with E-state index in [9.17, 15) is 13.7 Å². The van der Waals surface area contributed by atoms with Gasteiger partial charge in [0.1, 0.15) is 10.9 Å². The van der Waals surface area contributed by atoms with Crippen molar-refractivity contribution in [3.63, 3.8) is 0 Å². The number of nitrogens with zero attached hydrogens (tertiary/aromatic N) is 2. The van der Waals surface area contributed by atoms with Crippen LogP contribution in [0.5, 0.6) is 0 Å². The molecule has 3 rings (SSSR count). The van der Waals surface area contributed by atoms with Crippen molar-refractivity contribution in [2.75, 3.05) is 6.26 Å². The molecule has 3 aromatic rings. The molecule has 0 aliphatic heterocycles. The van der Waals surface area contributed by atoms with Gasteiger partial charge in [-0.15, -0.1) is 26.9 Å². The number of nitriles is 1. The second-order valence-electron chi connectivity index (χ2n) is 5.68. The van der Waals surface area contributed by atoms with Crippen molar-refractivity contribution < 1.29 is 8.42 Å². The molecule has 0 saturated carbocycles. The smallest absolute Gasteiger partial charge is 0.199 e. The molecule has 0 fully saturated rings. The van der Waals surface area contributed by atoms with Gasteiger partial charge in [0.05, 0.1) is 14.0 Å². The number of hydrogen-bond donors (Lipinski definition) is 0. The standard InChI is InChI=1S/C19H15BrN2O2S4/c1-13-6-8-17(9-7-13)28(23,24)22-27(16-5-3-4-14(20)10-16)18-11-15(12-21)26-19(18)25-2/h3-11H,1-2H3. The fourth-order valence-electron chi connectivity index (χ4n) is 2.34. The lowest BCUT2D eigenvalue weighted by Crippen LogP contribution is -2.02. The largest absolute Gasteiger partial charge is 0.288 e. The molecule has 4 nitrogen and oxygen atoms in total. The molecule has 28 heavy (non-hydrogen) atoms. The lowest BCUT2D eigenvalue weighted by atomic mass is 10.2. The monoisotopic (exact) mass is 510 g/mol. The molecule has 1 atom stereocenters. The highest BCUT2D eigenvalue weighted by molar-refractivity contribution is 9.10. The van der Waals surface area contributed by atoms with Crippen LogP contribution in [0.15, 0.2) is 81.7 Å². The van der Waals surface area contributed by atoms with Gasteiger partial charge in [-0.1, -0.05) is 39.7 Å². The number of benzene rings is 2. The maximum atomic E-state index is 13.0. The van der Waals surface area contributed by atoms with Crippen LogP contribution in [0.4, 0.5) is 0 Å². The number of thiophene rings is 1. The van der Waals surface area contributed by atoms with Gasteiger partial charge in [-0.05, 0) is 60.3 Å². The second kappa shape index (κ2) is 8.93. The molecule has 0 N–H and O–H groups in total. The second-order valence-corrected chi connectivity index (χ2v) is 12.2. The highest BCUT2D eigenvalue weighted by atomic mass is 79.9. The Labute approximate surface area is 183 Å². The summed E-state index contributed by atoms with van der Waals surface area (Å²) in [6.07, 6.45) is 1.91. The van der Waals surface area contributed by atoms with Gasteiger partial charge in [0.2, 0.25) is 0 Å². The molecule has 144 valence electrons. The molecule has 1 heterocycles. The molecule has 1 aromatic heterocycles. The highest BCUT2D eigenvalue weighted by Gasteiger charge is 2.20. The van der Waals surface area contributed by atoms with E-state index in [0.717, 1.165) is 24.0 Å². The van der Waals surface area contributed by atoms with Crippen LogP contribution in [0, 0.1) is 18.3 Å². The van der Waals surface area contributed by atoms with Crippen molar-refractivity contribution in [1.29, 1.82) is 5.26 Å². The molecule has 0 radical (unpaired) electrons. The zero-order valence-corrected chi connectivity index (χ0v) is 19.8. The van der Waals surface area contributed by atoms with Gasteiger partial charge in [0.25, 0.3) is 10.0 Å². The SMILES string of the molecule is CSc1sc(C#N)cc1/S(=N\S(=O)(=O)c1ccc(C)cc1)c1cccc(Br)c1. The summed E-state index contributed by atoms with van der Waals surface area (Å²) in [4.78, 5) is 2.22. The molecular weight excluding hydrogens is 496 g/mol. The summed E-state index contributed by atoms with van der Waals surface area (Å²) in [5, 5.41) is 9.30. The first-order valence-corrected chi connectivity index (χ1v) is 13.4. The Morgan fingerprint density at radius 1 is 1.18 bits per heavy atom. The number of aryl methyl sites for hydroxylation is 1. The third-order valence-electron chi connectivity index (χ3n) is 3.68. The number of thioether (sulfide) groups is 1. The average Bonchev–Trinajstić information content (AvgIpc) is 3.10. The van der Waals surface area contributed by atoms with Gasteiger partial charge in [0, 0.05) is 9.37 Å². The first kappa shape index (κ1) is 21.3. The number of halogens is 1. The van der Waals surface area contributed by atoms with Crippen LogP contribution in [0.2, 0.25) is 0 Å². The summed E-state index contributed by atoms with van der Waals surface area (Å²) < 4.78 is 32.1. The van der Waals surface area contributed by atoms with Crippen molar-refractivity contribution in [1.82, 2.24) is 0 Å². The van der Waals surface area contributed by atoms with Crippen LogP contribution >= 0.6 is 39.0 Å². The Morgan fingerprint density at radius 2 is 1.89 bits per heavy atom. The lowest BCUT2D eigenvalue weighted by Gasteiger charge is -2.10. The molecule has 0 aliphatic rings. The molecule has 0 saturated heterocycles. The quantitative estimate of drug-likeness (QED) is 0.393. The molecular formula is C19H15BrN2O2S4. The summed E-state index contributed by atoms with van der Waals surface area (Å²) in [5.74, 6) is 0. The Bertz CT molecular complexity index is 1190. The van der Waals surface area contributed by atoms with E-state index in [1.54, 1.807) is 30.3 Å². The zero-order valence-electron chi connectivity index (χ0n) is 14.9. The summed E-state index contributed by atoms with van der Waals surface area (Å²) in [7, 11) is -4.96. The van der Waals surface area contributed by atoms with Gasteiger partial charge < -0.3 is 0 Å². The van der Waals surface area contributed by atoms with Gasteiger partial charge in [-0.25, -0.2) is 0 Å². The van der Waals surface area contributed by atoms with E-state index >= 15 is 0 Å². The van der Waals surface area contributed by atoms with E-state index in [1.165, 1.54) is 23.1 Å². The van der Waals surface area contributed by atoms with E-state index in [4.69, 9.17) is 0 Å². The molecule has 1 unspecified atom stereocenters. The Balaban J connectivity index is 2.25. The van der Waals surface area contributed by atoms with Crippen molar-refractivity contribution in [3.8, 4) is 6.07 Å². The van der Waals surface area contributed by atoms with Crippen LogP contribution in [-0.2, 0) is 20.7 Å². The van der Waals surface area contributed by atoms with Crippen LogP contribution in [0.1, 0.15) is 10.4 Å². The van der Waals surface area contributed by atoms with Gasteiger partial charge in [0.15, 0.2) is 0 Å². The van der Waals surface area contributed by atoms with Crippen LogP contribution in [0.25, 0.3) is 0 Å². The third-order valence-corrected chi connectivity index (χ3v) is 10.3. The summed E-state index contributed by atoms with van der Waals surface area (Å²) in [6.45, 7) is 1.90. The fourth-order valence-corrected chi connectivity index (χ4v) is 8.62. The summed E-state index contributed by atoms with van der Waals surface area (Å²) in [6, 6.07) is 18.0. The van der Waals surface area contributed by atoms with E-state index in [-0.39, 0.29) is 4.90 Å². The number of hydrogen-bond acceptors (Lipinski definition) is 5. The Morgan fingerprint density at radius 3 is 2.50 bits per heavy atom. The topological polar surface area (TPSA) is 70.3 Å². The Kier molecular flexibility index (Phi) is 6.78. The molecule has 0 spiro atoms. The zero-order chi connectivity index (χ0) is 20.3. The lowest BCUT2D eigenvalue weighted by molar-refractivity contribution is 0.598. The minimum absolute atomic E-state index is 0.159. The minimum Gasteiger partial charge on any atom is -0.199 e. The maximum Gasteiger partial charge on any atom is 0.288 e. The highest BCUT2D eigenvalue weighted by Crippen LogP contribution is 2.37. The van der Waals surface area contributed by atoms with Gasteiger partial charge in [-0.3, -0.25) is 0 Å². The first-order chi connectivity index (χ1) is 13.3. The van der Waals surface area contributed by atoms with Gasteiger partial charge in [-0.2, -0.15) is 13.7 Å². The summed E-state index contributed by atoms with van der Waals surface area (Å²) >= 11 is 6.29. The van der Waals surface area contributed by atoms with Crippen molar-refractivity contribution in [3.05, 3.63) is 69.5 Å². The normalized spacial score (nSPS) is 12.6. The molecule has 2 aromatic carbocycles. The summed E-state index contributed by atoms with van der Waals surface area (Å²) in [5.41, 5.74) is 0.978. The van der Waals surface area contributed by atoms with E-state index in [2.05, 4.69) is 25.8 Å². The van der Waals surface area contributed by atoms with Crippen molar-refractivity contribution in [2.45, 2.75) is 25.8 Å². The number of sulfonamides is 1. The molecule has 0 amide bonds. The van der Waals surface area contributed by atoms with Crippen LogP contribution in [-0.4, -0.2) is 14.7 Å². The predicted molar refractivity (Wildman–Crippen MR) is 120 cm³/mol. The molecule has 0 aliphatic carbocycles. The Hall–Kier alpha value is -1.44. The van der Waals surface area contributed by atoms with E-state index in [0.29, 0.717) is 4.88 Å². The minimum atomic E-state index is -3.87. The average molecular weight is 512 g/mol. The first-order valence-electron chi connectivity index (χ1n) is 7.96. The number of rotatable bonds is 5. The maximum absolute atomic E-state index is 13.0. The van der Waals surface area contributed by atoms with Crippen molar-refractivity contribution >= 4 is 59.7 Å². The van der Waals surface area contributed by atoms with E-state index < -0.39 is 20.7 Å².